The maximum Gasteiger partial charge on any atom is 0.251 e. The number of hydrogen-bond acceptors (Lipinski definition) is 3. The molecule has 0 radical (unpaired) electrons. The Morgan fingerprint density at radius 1 is 1.08 bits per heavy atom. The lowest BCUT2D eigenvalue weighted by Crippen LogP contribution is -2.32. The van der Waals surface area contributed by atoms with E-state index in [0.717, 1.165) is 17.7 Å². The summed E-state index contributed by atoms with van der Waals surface area (Å²) in [6, 6.07) is 17.2. The zero-order valence-corrected chi connectivity index (χ0v) is 15.7. The van der Waals surface area contributed by atoms with Crippen molar-refractivity contribution < 1.29 is 9.59 Å². The van der Waals surface area contributed by atoms with E-state index in [1.807, 2.05) is 56.3 Å². The van der Waals surface area contributed by atoms with Crippen LogP contribution in [0.15, 0.2) is 54.6 Å². The van der Waals surface area contributed by atoms with E-state index in [4.69, 9.17) is 0 Å². The van der Waals surface area contributed by atoms with Gasteiger partial charge in [0.25, 0.3) is 5.91 Å². The third kappa shape index (κ3) is 5.92. The van der Waals surface area contributed by atoms with Crippen LogP contribution in [-0.4, -0.2) is 36.3 Å². The fourth-order valence-electron chi connectivity index (χ4n) is 2.44. The fraction of sp³-hybridized carbons (Fsp3) is 0.333. The number of carbonyl (C=O) groups is 2. The summed E-state index contributed by atoms with van der Waals surface area (Å²) in [6.07, 6.45) is 0.881. The first kappa shape index (κ1) is 19.5. The highest BCUT2D eigenvalue weighted by atomic mass is 16.2. The molecule has 26 heavy (non-hydrogen) atoms. The summed E-state index contributed by atoms with van der Waals surface area (Å²) < 4.78 is 0. The van der Waals surface area contributed by atoms with Crippen LogP contribution in [0.4, 0.5) is 5.69 Å². The van der Waals surface area contributed by atoms with E-state index in [9.17, 15) is 9.59 Å². The molecule has 0 bridgehead atoms. The minimum absolute atomic E-state index is 0.0108. The molecule has 0 saturated heterocycles. The van der Waals surface area contributed by atoms with Crippen LogP contribution in [0.1, 0.15) is 36.2 Å². The molecule has 0 aromatic heterocycles. The lowest BCUT2D eigenvalue weighted by Gasteiger charge is -2.18. The maximum atomic E-state index is 12.3. The van der Waals surface area contributed by atoms with Crippen molar-refractivity contribution in [2.24, 2.45) is 0 Å². The van der Waals surface area contributed by atoms with Gasteiger partial charge in [-0.25, -0.2) is 0 Å². The van der Waals surface area contributed by atoms with Crippen LogP contribution in [0.2, 0.25) is 0 Å². The second kappa shape index (κ2) is 9.61. The molecule has 5 nitrogen and oxygen atoms in total. The molecule has 5 heteroatoms. The summed E-state index contributed by atoms with van der Waals surface area (Å²) in [6.45, 7) is 4.75. The van der Waals surface area contributed by atoms with Crippen molar-refractivity contribution in [3.63, 3.8) is 0 Å². The Bertz CT molecular complexity index is 731. The number of amides is 2. The van der Waals surface area contributed by atoms with Crippen LogP contribution in [0.5, 0.6) is 0 Å². The lowest BCUT2D eigenvalue weighted by molar-refractivity contribution is -0.128. The first-order valence-corrected chi connectivity index (χ1v) is 8.92. The van der Waals surface area contributed by atoms with Crippen molar-refractivity contribution >= 4 is 17.5 Å². The van der Waals surface area contributed by atoms with E-state index in [-0.39, 0.29) is 24.4 Å². The van der Waals surface area contributed by atoms with Gasteiger partial charge >= 0.3 is 0 Å². The van der Waals surface area contributed by atoms with Gasteiger partial charge in [0.1, 0.15) is 0 Å². The van der Waals surface area contributed by atoms with E-state index in [1.54, 1.807) is 24.1 Å². The van der Waals surface area contributed by atoms with Gasteiger partial charge in [-0.2, -0.15) is 0 Å². The van der Waals surface area contributed by atoms with Gasteiger partial charge in [-0.1, -0.05) is 43.3 Å². The van der Waals surface area contributed by atoms with E-state index in [0.29, 0.717) is 12.1 Å². The fourth-order valence-corrected chi connectivity index (χ4v) is 2.44. The number of nitrogens with one attached hydrogen (secondary N) is 2. The Balaban J connectivity index is 1.89. The molecule has 0 spiro atoms. The van der Waals surface area contributed by atoms with Crippen LogP contribution in [-0.2, 0) is 11.3 Å². The van der Waals surface area contributed by atoms with Gasteiger partial charge in [0, 0.05) is 30.9 Å². The van der Waals surface area contributed by atoms with E-state index < -0.39 is 0 Å². The Hall–Kier alpha value is -2.82. The van der Waals surface area contributed by atoms with Gasteiger partial charge in [-0.15, -0.1) is 0 Å². The number of benzene rings is 2. The molecule has 2 aromatic rings. The summed E-state index contributed by atoms with van der Waals surface area (Å²) in [5.74, 6) is -0.112. The number of anilines is 1. The van der Waals surface area contributed by atoms with Gasteiger partial charge in [0.15, 0.2) is 0 Å². The summed E-state index contributed by atoms with van der Waals surface area (Å²) in [7, 11) is 1.78. The molecule has 2 N–H and O–H groups in total. The Morgan fingerprint density at radius 3 is 2.50 bits per heavy atom. The Morgan fingerprint density at radius 2 is 1.81 bits per heavy atom. The van der Waals surface area contributed by atoms with Crippen LogP contribution in [0, 0.1) is 0 Å². The second-order valence-electron chi connectivity index (χ2n) is 6.45. The van der Waals surface area contributed by atoms with Crippen molar-refractivity contribution in [2.45, 2.75) is 32.9 Å². The molecule has 138 valence electrons. The average molecular weight is 353 g/mol. The van der Waals surface area contributed by atoms with Gasteiger partial charge in [-0.05, 0) is 37.1 Å². The van der Waals surface area contributed by atoms with Crippen LogP contribution < -0.4 is 10.6 Å². The van der Waals surface area contributed by atoms with Crippen LogP contribution >= 0.6 is 0 Å². The molecule has 2 amide bonds. The van der Waals surface area contributed by atoms with E-state index in [1.165, 1.54) is 0 Å². The number of rotatable bonds is 8. The normalized spacial score (nSPS) is 11.5. The van der Waals surface area contributed by atoms with Crippen molar-refractivity contribution in [3.8, 4) is 0 Å². The Labute approximate surface area is 155 Å². The lowest BCUT2D eigenvalue weighted by atomic mass is 10.1. The summed E-state index contributed by atoms with van der Waals surface area (Å²) in [5.41, 5.74) is 2.43. The van der Waals surface area contributed by atoms with Gasteiger partial charge in [-0.3, -0.25) is 9.59 Å². The minimum atomic E-state index is -0.101. The largest absolute Gasteiger partial charge is 0.376 e. The monoisotopic (exact) mass is 353 g/mol. The third-order valence-electron chi connectivity index (χ3n) is 4.25. The maximum absolute atomic E-state index is 12.3. The minimum Gasteiger partial charge on any atom is -0.376 e. The van der Waals surface area contributed by atoms with Crippen molar-refractivity contribution in [3.05, 3.63) is 65.7 Å². The van der Waals surface area contributed by atoms with Gasteiger partial charge in [0.2, 0.25) is 5.91 Å². The molecular formula is C21H27N3O2. The average Bonchev–Trinajstić information content (AvgIpc) is 2.66. The topological polar surface area (TPSA) is 61.4 Å². The molecule has 1 unspecified atom stereocenters. The standard InChI is InChI=1S/C21H27N3O2/c1-4-16(2)23-21(26)18-11-8-12-19(13-18)22-14-20(25)24(3)15-17-9-6-5-7-10-17/h5-13,16,22H,4,14-15H2,1-3H3,(H,23,26). The van der Waals surface area contributed by atoms with Crippen LogP contribution in [0.3, 0.4) is 0 Å². The molecule has 0 aliphatic heterocycles. The smallest absolute Gasteiger partial charge is 0.251 e. The molecule has 0 saturated carbocycles. The first-order chi connectivity index (χ1) is 12.5. The molecule has 1 atom stereocenters. The summed E-state index contributed by atoms with van der Waals surface area (Å²) >= 11 is 0. The van der Waals surface area contributed by atoms with Crippen molar-refractivity contribution in [2.75, 3.05) is 18.9 Å². The highest BCUT2D eigenvalue weighted by molar-refractivity contribution is 5.95. The predicted molar refractivity (Wildman–Crippen MR) is 105 cm³/mol. The quantitative estimate of drug-likeness (QED) is 0.765. The number of nitrogens with zero attached hydrogens (tertiary/aromatic N) is 1. The van der Waals surface area contributed by atoms with Gasteiger partial charge < -0.3 is 15.5 Å². The summed E-state index contributed by atoms with van der Waals surface area (Å²) in [5, 5.41) is 6.04. The van der Waals surface area contributed by atoms with Crippen molar-refractivity contribution in [1.29, 1.82) is 0 Å². The van der Waals surface area contributed by atoms with E-state index >= 15 is 0 Å². The summed E-state index contributed by atoms with van der Waals surface area (Å²) in [4.78, 5) is 26.2. The third-order valence-corrected chi connectivity index (χ3v) is 4.25. The molecule has 0 aliphatic rings. The van der Waals surface area contributed by atoms with Gasteiger partial charge in [0.05, 0.1) is 6.54 Å². The zero-order chi connectivity index (χ0) is 18.9. The number of hydrogen-bond donors (Lipinski definition) is 2. The molecular weight excluding hydrogens is 326 g/mol. The second-order valence-corrected chi connectivity index (χ2v) is 6.45. The molecule has 0 fully saturated rings. The number of likely N-dealkylation sites (N-methyl/N-ethyl adjacent to an activating group) is 1. The molecule has 2 rings (SSSR count). The zero-order valence-electron chi connectivity index (χ0n) is 15.7. The van der Waals surface area contributed by atoms with E-state index in [2.05, 4.69) is 10.6 Å². The molecule has 0 heterocycles. The van der Waals surface area contributed by atoms with Crippen LogP contribution in [0.25, 0.3) is 0 Å². The Kier molecular flexibility index (Phi) is 7.21. The highest BCUT2D eigenvalue weighted by Crippen LogP contribution is 2.11. The highest BCUT2D eigenvalue weighted by Gasteiger charge is 2.11. The first-order valence-electron chi connectivity index (χ1n) is 8.92. The molecule has 2 aromatic carbocycles. The number of carbonyl (C=O) groups excluding carboxylic acids is 2. The SMILES string of the molecule is CCC(C)NC(=O)c1cccc(NCC(=O)N(C)Cc2ccccc2)c1. The predicted octanol–water partition coefficient (Wildman–Crippen LogP) is 3.29. The molecule has 0 aliphatic carbocycles. The van der Waals surface area contributed by atoms with Crippen molar-refractivity contribution in [1.82, 2.24) is 10.2 Å².